The summed E-state index contributed by atoms with van der Waals surface area (Å²) in [6, 6.07) is 12.4. The van der Waals surface area contributed by atoms with Gasteiger partial charge in [-0.15, -0.1) is 0 Å². The first kappa shape index (κ1) is 23.1. The van der Waals surface area contributed by atoms with Gasteiger partial charge >= 0.3 is 11.7 Å². The molecule has 0 aliphatic carbocycles. The zero-order chi connectivity index (χ0) is 23.8. The molecular weight excluding hydrogens is 446 g/mol. The Kier molecular flexibility index (Phi) is 6.31. The quantitative estimate of drug-likeness (QED) is 0.507. The summed E-state index contributed by atoms with van der Waals surface area (Å²) < 4.78 is 39.3. The van der Waals surface area contributed by atoms with Gasteiger partial charge in [-0.2, -0.15) is 4.31 Å². The molecule has 2 heterocycles. The minimum absolute atomic E-state index is 0.0106. The highest BCUT2D eigenvalue weighted by Crippen LogP contribution is 2.26. The second-order valence-corrected chi connectivity index (χ2v) is 10.1. The van der Waals surface area contributed by atoms with Crippen molar-refractivity contribution in [3.63, 3.8) is 0 Å². The summed E-state index contributed by atoms with van der Waals surface area (Å²) in [6.45, 7) is 6.84. The number of carbonyl (C=O) groups is 1. The van der Waals surface area contributed by atoms with E-state index in [2.05, 4.69) is 4.90 Å². The highest BCUT2D eigenvalue weighted by atomic mass is 32.2. The molecule has 1 fully saturated rings. The molecule has 9 nitrogen and oxygen atoms in total. The number of esters is 1. The Balaban J connectivity index is 1.56. The Morgan fingerprint density at radius 3 is 2.55 bits per heavy atom. The van der Waals surface area contributed by atoms with Crippen LogP contribution >= 0.6 is 0 Å². The number of nitrogens with zero attached hydrogens (tertiary/aromatic N) is 3. The van der Waals surface area contributed by atoms with Gasteiger partial charge in [0, 0.05) is 37.4 Å². The van der Waals surface area contributed by atoms with Gasteiger partial charge in [0.15, 0.2) is 5.58 Å². The van der Waals surface area contributed by atoms with Crippen molar-refractivity contribution < 1.29 is 22.4 Å². The summed E-state index contributed by atoms with van der Waals surface area (Å²) >= 11 is 0. The lowest BCUT2D eigenvalue weighted by Gasteiger charge is -2.40. The van der Waals surface area contributed by atoms with Crippen LogP contribution in [0.5, 0.6) is 0 Å². The summed E-state index contributed by atoms with van der Waals surface area (Å²) in [6.07, 6.45) is 0. The third-order valence-corrected chi connectivity index (χ3v) is 7.69. The van der Waals surface area contributed by atoms with Crippen molar-refractivity contribution in [2.24, 2.45) is 0 Å². The van der Waals surface area contributed by atoms with Crippen LogP contribution in [-0.4, -0.2) is 55.5 Å². The highest BCUT2D eigenvalue weighted by Gasteiger charge is 2.33. The number of hydrogen-bond donors (Lipinski definition) is 0. The van der Waals surface area contributed by atoms with Crippen LogP contribution in [0.25, 0.3) is 11.1 Å². The molecule has 3 aromatic rings. The first-order valence-electron chi connectivity index (χ1n) is 10.8. The fourth-order valence-corrected chi connectivity index (χ4v) is 5.63. The van der Waals surface area contributed by atoms with E-state index in [0.29, 0.717) is 25.2 Å². The van der Waals surface area contributed by atoms with Gasteiger partial charge in [-0.25, -0.2) is 13.2 Å². The maximum atomic E-state index is 13.3. The van der Waals surface area contributed by atoms with Gasteiger partial charge in [-0.1, -0.05) is 17.7 Å². The van der Waals surface area contributed by atoms with Gasteiger partial charge in [0.05, 0.1) is 17.0 Å². The first-order valence-corrected chi connectivity index (χ1v) is 12.3. The molecule has 1 saturated heterocycles. The Hall–Kier alpha value is -3.11. The van der Waals surface area contributed by atoms with E-state index in [9.17, 15) is 18.0 Å². The van der Waals surface area contributed by atoms with Gasteiger partial charge in [-0.05, 0) is 45.0 Å². The molecule has 1 aromatic heterocycles. The number of fused-ring (bicyclic) bond motifs is 1. The molecular formula is C23H27N3O6S. The molecule has 0 N–H and O–H groups in total. The highest BCUT2D eigenvalue weighted by molar-refractivity contribution is 7.89. The number of benzene rings is 2. The smallest absolute Gasteiger partial charge is 0.420 e. The van der Waals surface area contributed by atoms with E-state index in [0.717, 1.165) is 10.3 Å². The minimum Gasteiger partial charge on any atom is -0.465 e. The van der Waals surface area contributed by atoms with Gasteiger partial charge in [-0.3, -0.25) is 9.36 Å². The molecule has 10 heteroatoms. The zero-order valence-electron chi connectivity index (χ0n) is 18.9. The molecule has 2 aromatic carbocycles. The number of hydrogen-bond acceptors (Lipinski definition) is 7. The van der Waals surface area contributed by atoms with Crippen molar-refractivity contribution in [1.82, 2.24) is 8.87 Å². The standard InChI is InChI=1S/C23H27N3O6S/c1-4-31-22(27)15-26-20-10-9-19(13-21(20)32-23(26)28)33(29,30)24-11-12-25(17(3)14-24)18-7-5-16(2)6-8-18/h5-10,13,17H,4,11-12,14-15H2,1-3H3/t17-/m0/s1. The molecule has 0 spiro atoms. The van der Waals surface area contributed by atoms with Crippen molar-refractivity contribution in [3.8, 4) is 0 Å². The lowest BCUT2D eigenvalue weighted by Crippen LogP contribution is -2.53. The van der Waals surface area contributed by atoms with Gasteiger partial charge in [0.1, 0.15) is 6.54 Å². The lowest BCUT2D eigenvalue weighted by atomic mass is 10.1. The summed E-state index contributed by atoms with van der Waals surface area (Å²) in [7, 11) is -3.79. The maximum Gasteiger partial charge on any atom is 0.420 e. The van der Waals surface area contributed by atoms with Crippen LogP contribution in [0.1, 0.15) is 19.4 Å². The second-order valence-electron chi connectivity index (χ2n) is 8.13. The molecule has 176 valence electrons. The predicted octanol–water partition coefficient (Wildman–Crippen LogP) is 2.37. The molecule has 4 rings (SSSR count). The molecule has 33 heavy (non-hydrogen) atoms. The fourth-order valence-electron chi connectivity index (χ4n) is 4.10. The largest absolute Gasteiger partial charge is 0.465 e. The number of carbonyl (C=O) groups excluding carboxylic acids is 1. The van der Waals surface area contributed by atoms with Crippen molar-refractivity contribution in [3.05, 3.63) is 58.6 Å². The van der Waals surface area contributed by atoms with Crippen LogP contribution in [-0.2, 0) is 26.1 Å². The number of piperazine rings is 1. The number of rotatable bonds is 6. The molecule has 0 radical (unpaired) electrons. The van der Waals surface area contributed by atoms with Crippen molar-refractivity contribution in [2.75, 3.05) is 31.1 Å². The Labute approximate surface area is 192 Å². The Morgan fingerprint density at radius 1 is 1.15 bits per heavy atom. The van der Waals surface area contributed by atoms with E-state index in [4.69, 9.17) is 9.15 Å². The minimum atomic E-state index is -3.79. The summed E-state index contributed by atoms with van der Waals surface area (Å²) in [5.74, 6) is -1.31. The average molecular weight is 474 g/mol. The molecule has 1 aliphatic heterocycles. The third-order valence-electron chi connectivity index (χ3n) is 5.83. The van der Waals surface area contributed by atoms with Crippen LogP contribution in [0.4, 0.5) is 5.69 Å². The molecule has 1 aliphatic rings. The van der Waals surface area contributed by atoms with E-state index >= 15 is 0 Å². The summed E-state index contributed by atoms with van der Waals surface area (Å²) in [5, 5.41) is 0. The Morgan fingerprint density at radius 2 is 1.88 bits per heavy atom. The monoisotopic (exact) mass is 473 g/mol. The van der Waals surface area contributed by atoms with Crippen molar-refractivity contribution in [1.29, 1.82) is 0 Å². The van der Waals surface area contributed by atoms with Gasteiger partial charge < -0.3 is 14.1 Å². The average Bonchev–Trinajstić information content (AvgIpc) is 3.09. The molecule has 1 atom stereocenters. The predicted molar refractivity (Wildman–Crippen MR) is 124 cm³/mol. The normalized spacial score (nSPS) is 17.4. The van der Waals surface area contributed by atoms with Gasteiger partial charge in [0.25, 0.3) is 0 Å². The molecule has 0 bridgehead atoms. The first-order chi connectivity index (χ1) is 15.7. The summed E-state index contributed by atoms with van der Waals surface area (Å²) in [5.41, 5.74) is 2.68. The van der Waals surface area contributed by atoms with Crippen LogP contribution in [0.15, 0.2) is 56.6 Å². The van der Waals surface area contributed by atoms with Crippen molar-refractivity contribution >= 4 is 32.8 Å². The topological polar surface area (TPSA) is 102 Å². The Bertz CT molecular complexity index is 1330. The van der Waals surface area contributed by atoms with Crippen LogP contribution < -0.4 is 10.7 Å². The van der Waals surface area contributed by atoms with Gasteiger partial charge in [0.2, 0.25) is 10.0 Å². The number of sulfonamides is 1. The number of oxazole rings is 1. The van der Waals surface area contributed by atoms with Crippen LogP contribution in [0, 0.1) is 6.92 Å². The van der Waals surface area contributed by atoms with E-state index in [1.807, 2.05) is 38.1 Å². The van der Waals surface area contributed by atoms with Crippen LogP contribution in [0.3, 0.4) is 0 Å². The molecule has 0 amide bonds. The van der Waals surface area contributed by atoms with E-state index in [1.165, 1.54) is 28.1 Å². The van der Waals surface area contributed by atoms with Crippen molar-refractivity contribution in [2.45, 2.75) is 38.3 Å². The molecule has 0 saturated carbocycles. The third kappa shape index (κ3) is 4.53. The van der Waals surface area contributed by atoms with E-state index in [-0.39, 0.29) is 29.7 Å². The number of aryl methyl sites for hydroxylation is 1. The number of aromatic nitrogens is 1. The number of ether oxygens (including phenoxy) is 1. The lowest BCUT2D eigenvalue weighted by molar-refractivity contribution is -0.143. The molecule has 0 unspecified atom stereocenters. The maximum absolute atomic E-state index is 13.3. The SMILES string of the molecule is CCOC(=O)Cn1c(=O)oc2cc(S(=O)(=O)N3CCN(c4ccc(C)cc4)[C@@H](C)C3)ccc21. The van der Waals surface area contributed by atoms with E-state index in [1.54, 1.807) is 6.92 Å². The zero-order valence-corrected chi connectivity index (χ0v) is 19.7. The van der Waals surface area contributed by atoms with Crippen LogP contribution in [0.2, 0.25) is 0 Å². The number of anilines is 1. The fraction of sp³-hybridized carbons (Fsp3) is 0.391. The van der Waals surface area contributed by atoms with E-state index < -0.39 is 21.7 Å². The summed E-state index contributed by atoms with van der Waals surface area (Å²) in [4.78, 5) is 26.2. The second kappa shape index (κ2) is 9.03.